The van der Waals surface area contributed by atoms with Crippen molar-refractivity contribution in [1.82, 2.24) is 4.90 Å². The van der Waals surface area contributed by atoms with Gasteiger partial charge in [-0.05, 0) is 50.4 Å². The van der Waals surface area contributed by atoms with Crippen molar-refractivity contribution in [2.75, 3.05) is 0 Å². The molecule has 4 unspecified atom stereocenters. The quantitative estimate of drug-likeness (QED) is 0.771. The highest BCUT2D eigenvalue weighted by molar-refractivity contribution is 5.83. The van der Waals surface area contributed by atoms with Gasteiger partial charge in [0.1, 0.15) is 0 Å². The summed E-state index contributed by atoms with van der Waals surface area (Å²) in [6.07, 6.45) is 8.96. The van der Waals surface area contributed by atoms with E-state index in [1.807, 2.05) is 0 Å². The Bertz CT molecular complexity index is 344. The van der Waals surface area contributed by atoms with Crippen molar-refractivity contribution < 1.29 is 9.90 Å². The Morgan fingerprint density at radius 1 is 0.944 bits per heavy atom. The smallest absolute Gasteiger partial charge is 0.226 e. The van der Waals surface area contributed by atoms with Crippen LogP contribution in [0.25, 0.3) is 0 Å². The fraction of sp³-hybridized carbons (Fsp3) is 0.933. The van der Waals surface area contributed by atoms with Crippen molar-refractivity contribution in [1.29, 1.82) is 0 Å². The molecule has 1 N–H and O–H groups in total. The Morgan fingerprint density at radius 3 is 2.06 bits per heavy atom. The third-order valence-corrected chi connectivity index (χ3v) is 5.90. The Kier molecular flexibility index (Phi) is 2.48. The molecule has 2 aliphatic carbocycles. The fourth-order valence-corrected chi connectivity index (χ4v) is 5.04. The first-order chi connectivity index (χ1) is 8.75. The number of carbonyl (C=O) groups is 1. The molecule has 2 bridgehead atoms. The summed E-state index contributed by atoms with van der Waals surface area (Å²) in [5.41, 5.74) is 0. The van der Waals surface area contributed by atoms with Gasteiger partial charge >= 0.3 is 0 Å². The van der Waals surface area contributed by atoms with Gasteiger partial charge in [0, 0.05) is 18.0 Å². The van der Waals surface area contributed by atoms with Crippen LogP contribution in [0.4, 0.5) is 0 Å². The monoisotopic (exact) mass is 249 g/mol. The molecule has 2 aliphatic heterocycles. The predicted octanol–water partition coefficient (Wildman–Crippen LogP) is 1.94. The minimum absolute atomic E-state index is 0.159. The van der Waals surface area contributed by atoms with E-state index in [0.717, 1.165) is 37.5 Å². The lowest BCUT2D eigenvalue weighted by atomic mass is 9.99. The second kappa shape index (κ2) is 3.96. The van der Waals surface area contributed by atoms with E-state index in [2.05, 4.69) is 4.90 Å². The van der Waals surface area contributed by atoms with Gasteiger partial charge in [-0.1, -0.05) is 12.8 Å². The van der Waals surface area contributed by atoms with E-state index in [4.69, 9.17) is 0 Å². The highest BCUT2D eigenvalue weighted by Crippen LogP contribution is 2.57. The van der Waals surface area contributed by atoms with Crippen molar-refractivity contribution in [3.63, 3.8) is 0 Å². The van der Waals surface area contributed by atoms with Crippen LogP contribution < -0.4 is 0 Å². The van der Waals surface area contributed by atoms with Gasteiger partial charge in [0.05, 0.1) is 6.10 Å². The van der Waals surface area contributed by atoms with Crippen LogP contribution >= 0.6 is 0 Å². The number of piperidine rings is 1. The third kappa shape index (κ3) is 1.56. The van der Waals surface area contributed by atoms with Crippen molar-refractivity contribution in [3.8, 4) is 0 Å². The molecule has 1 amide bonds. The van der Waals surface area contributed by atoms with Crippen LogP contribution in [-0.2, 0) is 4.79 Å². The molecular formula is C15H23NO2. The van der Waals surface area contributed by atoms with Crippen LogP contribution in [-0.4, -0.2) is 34.1 Å². The molecule has 18 heavy (non-hydrogen) atoms. The van der Waals surface area contributed by atoms with E-state index in [-0.39, 0.29) is 6.10 Å². The molecule has 3 heteroatoms. The van der Waals surface area contributed by atoms with E-state index in [1.165, 1.54) is 25.7 Å². The third-order valence-electron chi connectivity index (χ3n) is 5.90. The normalized spacial score (nSPS) is 49.9. The highest BCUT2D eigenvalue weighted by Gasteiger charge is 2.58. The molecule has 2 saturated carbocycles. The number of nitrogens with zero attached hydrogens (tertiary/aromatic N) is 1. The molecule has 4 aliphatic rings. The molecule has 0 aromatic rings. The number of amides is 1. The first kappa shape index (κ1) is 11.3. The minimum atomic E-state index is -0.159. The van der Waals surface area contributed by atoms with E-state index in [1.54, 1.807) is 0 Å². The summed E-state index contributed by atoms with van der Waals surface area (Å²) >= 11 is 0. The summed E-state index contributed by atoms with van der Waals surface area (Å²) in [5, 5.41) is 9.81. The largest absolute Gasteiger partial charge is 0.393 e. The van der Waals surface area contributed by atoms with E-state index >= 15 is 0 Å². The Balaban J connectivity index is 1.49. The molecule has 0 aromatic heterocycles. The summed E-state index contributed by atoms with van der Waals surface area (Å²) < 4.78 is 0. The molecule has 4 atom stereocenters. The maximum Gasteiger partial charge on any atom is 0.226 e. The zero-order valence-corrected chi connectivity index (χ0v) is 10.9. The number of hydrogen-bond acceptors (Lipinski definition) is 2. The minimum Gasteiger partial charge on any atom is -0.393 e. The number of carbonyl (C=O) groups excluding carboxylic acids is 1. The number of aliphatic hydroxyl groups excluding tert-OH is 1. The van der Waals surface area contributed by atoms with Gasteiger partial charge in [0.15, 0.2) is 0 Å². The van der Waals surface area contributed by atoms with E-state index in [0.29, 0.717) is 23.9 Å². The molecule has 0 radical (unpaired) electrons. The highest BCUT2D eigenvalue weighted by atomic mass is 16.3. The molecule has 2 saturated heterocycles. The number of rotatable bonds is 1. The molecule has 2 heterocycles. The Labute approximate surface area is 109 Å². The molecule has 100 valence electrons. The van der Waals surface area contributed by atoms with Crippen molar-refractivity contribution in [2.24, 2.45) is 17.8 Å². The van der Waals surface area contributed by atoms with Gasteiger partial charge in [-0.2, -0.15) is 0 Å². The van der Waals surface area contributed by atoms with Crippen molar-refractivity contribution >= 4 is 5.91 Å². The maximum absolute atomic E-state index is 12.7. The topological polar surface area (TPSA) is 40.5 Å². The average molecular weight is 249 g/mol. The summed E-state index contributed by atoms with van der Waals surface area (Å²) in [6, 6.07) is 0.711. The summed E-state index contributed by atoms with van der Waals surface area (Å²) in [4.78, 5) is 14.9. The summed E-state index contributed by atoms with van der Waals surface area (Å²) in [6.45, 7) is 0. The second-order valence-corrected chi connectivity index (χ2v) is 6.89. The maximum atomic E-state index is 12.7. The average Bonchev–Trinajstić information content (AvgIpc) is 3.02. The SMILES string of the molecule is O=C(C1C2CCCCC21)N1C2CCC1CC(O)C2. The van der Waals surface area contributed by atoms with Crippen LogP contribution in [0.5, 0.6) is 0 Å². The van der Waals surface area contributed by atoms with Gasteiger partial charge in [-0.3, -0.25) is 4.79 Å². The van der Waals surface area contributed by atoms with E-state index in [9.17, 15) is 9.90 Å². The van der Waals surface area contributed by atoms with Crippen LogP contribution in [0, 0.1) is 17.8 Å². The number of fused-ring (bicyclic) bond motifs is 3. The number of aliphatic hydroxyl groups is 1. The predicted molar refractivity (Wildman–Crippen MR) is 67.8 cm³/mol. The van der Waals surface area contributed by atoms with Crippen LogP contribution in [0.2, 0.25) is 0 Å². The molecule has 0 aromatic carbocycles. The van der Waals surface area contributed by atoms with E-state index < -0.39 is 0 Å². The molecule has 4 rings (SSSR count). The molecular weight excluding hydrogens is 226 g/mol. The Morgan fingerprint density at radius 2 is 1.50 bits per heavy atom. The lowest BCUT2D eigenvalue weighted by Gasteiger charge is -2.37. The van der Waals surface area contributed by atoms with Crippen molar-refractivity contribution in [2.45, 2.75) is 69.6 Å². The lowest BCUT2D eigenvalue weighted by molar-refractivity contribution is -0.139. The summed E-state index contributed by atoms with van der Waals surface area (Å²) in [7, 11) is 0. The van der Waals surface area contributed by atoms with Crippen molar-refractivity contribution in [3.05, 3.63) is 0 Å². The van der Waals surface area contributed by atoms with Gasteiger partial charge < -0.3 is 10.0 Å². The van der Waals surface area contributed by atoms with Gasteiger partial charge in [0.25, 0.3) is 0 Å². The standard InChI is InChI=1S/C15H23NO2/c17-11-7-9-5-6-10(8-11)16(9)15(18)14-12-3-1-2-4-13(12)14/h9-14,17H,1-8H2. The second-order valence-electron chi connectivity index (χ2n) is 6.89. The first-order valence-corrected chi connectivity index (χ1v) is 7.76. The Hall–Kier alpha value is -0.570. The zero-order chi connectivity index (χ0) is 12.3. The lowest BCUT2D eigenvalue weighted by Crippen LogP contribution is -2.48. The summed E-state index contributed by atoms with van der Waals surface area (Å²) in [5.74, 6) is 2.26. The van der Waals surface area contributed by atoms with Gasteiger partial charge in [0.2, 0.25) is 5.91 Å². The van der Waals surface area contributed by atoms with Gasteiger partial charge in [-0.25, -0.2) is 0 Å². The first-order valence-electron chi connectivity index (χ1n) is 7.76. The molecule has 0 spiro atoms. The molecule has 3 nitrogen and oxygen atoms in total. The van der Waals surface area contributed by atoms with Gasteiger partial charge in [-0.15, -0.1) is 0 Å². The van der Waals surface area contributed by atoms with Crippen LogP contribution in [0.1, 0.15) is 51.4 Å². The number of hydrogen-bond donors (Lipinski definition) is 1. The fourth-order valence-electron chi connectivity index (χ4n) is 5.04. The van der Waals surface area contributed by atoms with Crippen LogP contribution in [0.15, 0.2) is 0 Å². The molecule has 4 fully saturated rings. The zero-order valence-electron chi connectivity index (χ0n) is 10.9. The van der Waals surface area contributed by atoms with Crippen LogP contribution in [0.3, 0.4) is 0 Å².